The number of hydrogen-bond donors (Lipinski definition) is 1. The first-order chi connectivity index (χ1) is 17.7. The number of halogens is 1. The Morgan fingerprint density at radius 2 is 1.92 bits per heavy atom. The number of pyridine rings is 1. The Morgan fingerprint density at radius 3 is 2.62 bits per heavy atom. The van der Waals surface area contributed by atoms with Crippen LogP contribution in [0.3, 0.4) is 0 Å². The Bertz CT molecular complexity index is 1300. The van der Waals surface area contributed by atoms with Crippen LogP contribution in [0.4, 0.5) is 15.9 Å². The molecule has 3 heterocycles. The monoisotopic (exact) mass is 504 g/mol. The minimum Gasteiger partial charge on any atom is -0.382 e. The van der Waals surface area contributed by atoms with Gasteiger partial charge in [0.25, 0.3) is 5.91 Å². The number of carbonyl (C=O) groups excluding carboxylic acids is 1. The number of amides is 1. The summed E-state index contributed by atoms with van der Waals surface area (Å²) in [5.41, 5.74) is 11.9. The highest BCUT2D eigenvalue weighted by atomic mass is 19.1. The smallest absolute Gasteiger partial charge is 0.254 e. The summed E-state index contributed by atoms with van der Waals surface area (Å²) in [6.45, 7) is 10.2. The number of aromatic nitrogens is 1. The molecule has 0 saturated carbocycles. The third-order valence-electron chi connectivity index (χ3n) is 7.41. The molecule has 0 unspecified atom stereocenters. The minimum atomic E-state index is -0.952. The van der Waals surface area contributed by atoms with E-state index in [2.05, 4.69) is 48.9 Å². The normalized spacial score (nSPS) is 18.5. The standard InChI is InChI=1S/C30H37FN4O2/c1-30(2,3)11-9-20-5-4-6-24(29(36)35-12-10-23(31)19-35)27(20)21-7-8-25-22(17-21)18-26(28(32)33-25)34-13-15-37-16-14-34/h4-8,17-18,23H,9-16,19H2,1-3H3,(H2,32,33)/t23-/m0/s1. The van der Waals surface area contributed by atoms with E-state index in [9.17, 15) is 9.18 Å². The van der Waals surface area contributed by atoms with E-state index in [0.29, 0.717) is 37.6 Å². The van der Waals surface area contributed by atoms with E-state index in [1.807, 2.05) is 24.3 Å². The summed E-state index contributed by atoms with van der Waals surface area (Å²) < 4.78 is 19.5. The van der Waals surface area contributed by atoms with Crippen molar-refractivity contribution in [2.75, 3.05) is 50.0 Å². The Kier molecular flexibility index (Phi) is 7.08. The second-order valence-corrected chi connectivity index (χ2v) is 11.4. The number of nitrogens with zero attached hydrogens (tertiary/aromatic N) is 3. The zero-order valence-corrected chi connectivity index (χ0v) is 22.1. The molecule has 2 saturated heterocycles. The highest BCUT2D eigenvalue weighted by molar-refractivity contribution is 6.03. The third kappa shape index (κ3) is 5.57. The molecule has 1 atom stereocenters. The lowest BCUT2D eigenvalue weighted by Crippen LogP contribution is -2.36. The van der Waals surface area contributed by atoms with Gasteiger partial charge in [-0.05, 0) is 65.6 Å². The van der Waals surface area contributed by atoms with Gasteiger partial charge in [0.05, 0.1) is 31.0 Å². The number of carbonyl (C=O) groups is 1. The SMILES string of the molecule is CC(C)(C)CCc1cccc(C(=O)N2CC[C@H](F)C2)c1-c1ccc2nc(N)c(N3CCOCC3)cc2c1. The maximum Gasteiger partial charge on any atom is 0.254 e. The Hall–Kier alpha value is -3.19. The molecule has 0 bridgehead atoms. The molecule has 1 amide bonds. The summed E-state index contributed by atoms with van der Waals surface area (Å²) >= 11 is 0. The van der Waals surface area contributed by atoms with Gasteiger partial charge in [0.15, 0.2) is 0 Å². The second-order valence-electron chi connectivity index (χ2n) is 11.4. The van der Waals surface area contributed by atoms with Crippen molar-refractivity contribution in [1.29, 1.82) is 0 Å². The van der Waals surface area contributed by atoms with E-state index in [1.165, 1.54) is 0 Å². The zero-order valence-electron chi connectivity index (χ0n) is 22.1. The van der Waals surface area contributed by atoms with Crippen LogP contribution >= 0.6 is 0 Å². The van der Waals surface area contributed by atoms with Crippen LogP contribution in [0.1, 0.15) is 49.5 Å². The van der Waals surface area contributed by atoms with Gasteiger partial charge in [0.2, 0.25) is 0 Å². The van der Waals surface area contributed by atoms with Crippen LogP contribution in [-0.4, -0.2) is 61.4 Å². The lowest BCUT2D eigenvalue weighted by molar-refractivity contribution is 0.0783. The average Bonchev–Trinajstić information content (AvgIpc) is 3.32. The van der Waals surface area contributed by atoms with Crippen molar-refractivity contribution in [2.24, 2.45) is 5.41 Å². The lowest BCUT2D eigenvalue weighted by atomic mass is 9.85. The molecule has 196 valence electrons. The van der Waals surface area contributed by atoms with Gasteiger partial charge in [-0.1, -0.05) is 39.0 Å². The van der Waals surface area contributed by atoms with Crippen molar-refractivity contribution in [1.82, 2.24) is 9.88 Å². The van der Waals surface area contributed by atoms with Crippen molar-refractivity contribution < 1.29 is 13.9 Å². The number of aryl methyl sites for hydroxylation is 1. The van der Waals surface area contributed by atoms with Crippen LogP contribution in [0.5, 0.6) is 0 Å². The average molecular weight is 505 g/mol. The predicted molar refractivity (Wildman–Crippen MR) is 148 cm³/mol. The molecule has 2 N–H and O–H groups in total. The van der Waals surface area contributed by atoms with E-state index in [0.717, 1.165) is 59.2 Å². The van der Waals surface area contributed by atoms with Gasteiger partial charge in [-0.25, -0.2) is 9.37 Å². The van der Waals surface area contributed by atoms with Crippen LogP contribution in [0, 0.1) is 5.41 Å². The third-order valence-corrected chi connectivity index (χ3v) is 7.41. The number of nitrogen functional groups attached to an aromatic ring is 1. The van der Waals surface area contributed by atoms with Crippen molar-refractivity contribution in [3.05, 3.63) is 53.6 Å². The zero-order chi connectivity index (χ0) is 26.2. The van der Waals surface area contributed by atoms with E-state index in [1.54, 1.807) is 4.90 Å². The maximum atomic E-state index is 14.0. The summed E-state index contributed by atoms with van der Waals surface area (Å²) in [6.07, 6.45) is 1.29. The Balaban J connectivity index is 1.60. The quantitative estimate of drug-likeness (QED) is 0.498. The fraction of sp³-hybridized carbons (Fsp3) is 0.467. The number of fused-ring (bicyclic) bond motifs is 1. The van der Waals surface area contributed by atoms with Gasteiger partial charge in [0.1, 0.15) is 12.0 Å². The van der Waals surface area contributed by atoms with Crippen LogP contribution in [0.25, 0.3) is 22.0 Å². The lowest BCUT2D eigenvalue weighted by Gasteiger charge is -2.29. The van der Waals surface area contributed by atoms with Crippen LogP contribution in [0.15, 0.2) is 42.5 Å². The Morgan fingerprint density at radius 1 is 1.14 bits per heavy atom. The molecule has 0 spiro atoms. The van der Waals surface area contributed by atoms with E-state index >= 15 is 0 Å². The molecule has 37 heavy (non-hydrogen) atoms. The minimum absolute atomic E-state index is 0.0997. The number of anilines is 2. The summed E-state index contributed by atoms with van der Waals surface area (Å²) in [5.74, 6) is 0.413. The molecular formula is C30H37FN4O2. The molecular weight excluding hydrogens is 467 g/mol. The number of alkyl halides is 1. The summed E-state index contributed by atoms with van der Waals surface area (Å²) in [7, 11) is 0. The summed E-state index contributed by atoms with van der Waals surface area (Å²) in [4.78, 5) is 22.2. The van der Waals surface area contributed by atoms with Crippen LogP contribution < -0.4 is 10.6 Å². The van der Waals surface area contributed by atoms with Crippen molar-refractivity contribution in [2.45, 2.75) is 46.2 Å². The maximum absolute atomic E-state index is 14.0. The molecule has 2 aliphatic rings. The van der Waals surface area contributed by atoms with Gasteiger partial charge in [-0.3, -0.25) is 4.79 Å². The van der Waals surface area contributed by atoms with Crippen molar-refractivity contribution in [3.63, 3.8) is 0 Å². The van der Waals surface area contributed by atoms with Crippen LogP contribution in [-0.2, 0) is 11.2 Å². The molecule has 5 rings (SSSR count). The number of morpholine rings is 1. The van der Waals surface area contributed by atoms with Gasteiger partial charge < -0.3 is 20.3 Å². The second kappa shape index (κ2) is 10.3. The predicted octanol–water partition coefficient (Wildman–Crippen LogP) is 5.48. The summed E-state index contributed by atoms with van der Waals surface area (Å²) in [5, 5.41) is 0.974. The molecule has 2 aliphatic heterocycles. The molecule has 1 aromatic heterocycles. The van der Waals surface area contributed by atoms with Gasteiger partial charge in [-0.15, -0.1) is 0 Å². The first-order valence-corrected chi connectivity index (χ1v) is 13.3. The van der Waals surface area contributed by atoms with E-state index in [-0.39, 0.29) is 17.9 Å². The molecule has 7 heteroatoms. The Labute approximate surface area is 218 Å². The largest absolute Gasteiger partial charge is 0.382 e. The molecule has 3 aromatic rings. The van der Waals surface area contributed by atoms with Crippen molar-refractivity contribution >= 4 is 28.3 Å². The molecule has 6 nitrogen and oxygen atoms in total. The molecule has 0 aliphatic carbocycles. The molecule has 0 radical (unpaired) electrons. The van der Waals surface area contributed by atoms with E-state index < -0.39 is 6.17 Å². The number of hydrogen-bond acceptors (Lipinski definition) is 5. The highest BCUT2D eigenvalue weighted by Gasteiger charge is 2.29. The highest BCUT2D eigenvalue weighted by Crippen LogP contribution is 2.36. The fourth-order valence-corrected chi connectivity index (χ4v) is 5.30. The first-order valence-electron chi connectivity index (χ1n) is 13.3. The van der Waals surface area contributed by atoms with Crippen LogP contribution in [0.2, 0.25) is 0 Å². The number of ether oxygens (including phenoxy) is 1. The van der Waals surface area contributed by atoms with Gasteiger partial charge in [-0.2, -0.15) is 0 Å². The number of likely N-dealkylation sites (tertiary alicyclic amines) is 1. The topological polar surface area (TPSA) is 71.7 Å². The number of rotatable bonds is 5. The summed E-state index contributed by atoms with van der Waals surface area (Å²) in [6, 6.07) is 14.2. The van der Waals surface area contributed by atoms with Gasteiger partial charge >= 0.3 is 0 Å². The van der Waals surface area contributed by atoms with Crippen molar-refractivity contribution in [3.8, 4) is 11.1 Å². The molecule has 2 fully saturated rings. The molecule has 2 aromatic carbocycles. The number of benzene rings is 2. The number of nitrogens with two attached hydrogens (primary N) is 1. The van der Waals surface area contributed by atoms with E-state index in [4.69, 9.17) is 10.5 Å². The van der Waals surface area contributed by atoms with Gasteiger partial charge in [0, 0.05) is 30.6 Å². The first kappa shape index (κ1) is 25.5. The fourth-order valence-electron chi connectivity index (χ4n) is 5.30.